The van der Waals surface area contributed by atoms with Crippen LogP contribution in [0.25, 0.3) is 5.82 Å². The Kier molecular flexibility index (Phi) is 2.74. The Labute approximate surface area is 93.3 Å². The molecule has 0 aromatic carbocycles. The predicted molar refractivity (Wildman–Crippen MR) is 54.7 cm³/mol. The molecule has 0 atom stereocenters. The highest BCUT2D eigenvalue weighted by molar-refractivity contribution is 9.10. The molecule has 0 saturated carbocycles. The average Bonchev–Trinajstić information content (AvgIpc) is 2.66. The highest BCUT2D eigenvalue weighted by atomic mass is 79.9. The number of aromatic nitrogens is 4. The van der Waals surface area contributed by atoms with Gasteiger partial charge in [0.15, 0.2) is 17.5 Å². The van der Waals surface area contributed by atoms with E-state index >= 15 is 0 Å². The van der Waals surface area contributed by atoms with Crippen molar-refractivity contribution in [3.05, 3.63) is 34.7 Å². The third-order valence-corrected chi connectivity index (χ3v) is 2.16. The van der Waals surface area contributed by atoms with Gasteiger partial charge in [0.25, 0.3) is 0 Å². The third kappa shape index (κ3) is 2.02. The lowest BCUT2D eigenvalue weighted by Gasteiger charge is -2.00. The molecule has 0 bridgehead atoms. The van der Waals surface area contributed by atoms with E-state index in [9.17, 15) is 4.39 Å². The van der Waals surface area contributed by atoms with Gasteiger partial charge in [-0.1, -0.05) is 0 Å². The molecule has 0 aliphatic heterocycles. The summed E-state index contributed by atoms with van der Waals surface area (Å²) >= 11 is 3.12. The average molecular weight is 272 g/mol. The van der Waals surface area contributed by atoms with Crippen molar-refractivity contribution in [3.8, 4) is 5.82 Å². The quantitative estimate of drug-likeness (QED) is 0.886. The molecule has 0 aliphatic carbocycles. The Bertz CT molecular complexity index is 484. The summed E-state index contributed by atoms with van der Waals surface area (Å²) in [7, 11) is 0. The highest BCUT2D eigenvalue weighted by Gasteiger charge is 2.08. The molecule has 0 spiro atoms. The zero-order valence-electron chi connectivity index (χ0n) is 7.56. The normalized spacial score (nSPS) is 10.6. The van der Waals surface area contributed by atoms with Crippen molar-refractivity contribution in [2.24, 2.45) is 5.73 Å². The van der Waals surface area contributed by atoms with Crippen molar-refractivity contribution >= 4 is 15.9 Å². The van der Waals surface area contributed by atoms with Crippen LogP contribution in [-0.4, -0.2) is 19.7 Å². The largest absolute Gasteiger partial charge is 0.324 e. The second-order valence-corrected chi connectivity index (χ2v) is 3.68. The monoisotopic (exact) mass is 271 g/mol. The lowest BCUT2D eigenvalue weighted by molar-refractivity contribution is 0.598. The minimum Gasteiger partial charge on any atom is -0.324 e. The van der Waals surface area contributed by atoms with Crippen LogP contribution in [0.4, 0.5) is 4.39 Å². The van der Waals surface area contributed by atoms with Gasteiger partial charge in [0, 0.05) is 10.7 Å². The molecule has 7 heteroatoms. The third-order valence-electron chi connectivity index (χ3n) is 1.73. The summed E-state index contributed by atoms with van der Waals surface area (Å²) in [5, 5.41) is 3.95. The van der Waals surface area contributed by atoms with Crippen LogP contribution >= 0.6 is 15.9 Å². The molecule has 0 fully saturated rings. The van der Waals surface area contributed by atoms with E-state index in [1.165, 1.54) is 23.3 Å². The van der Waals surface area contributed by atoms with E-state index in [4.69, 9.17) is 5.73 Å². The molecule has 0 radical (unpaired) electrons. The summed E-state index contributed by atoms with van der Waals surface area (Å²) in [6.07, 6.45) is 2.86. The second-order valence-electron chi connectivity index (χ2n) is 2.77. The van der Waals surface area contributed by atoms with E-state index in [2.05, 4.69) is 31.0 Å². The molecule has 0 saturated heterocycles. The topological polar surface area (TPSA) is 69.6 Å². The molecule has 15 heavy (non-hydrogen) atoms. The fraction of sp³-hybridized carbons (Fsp3) is 0.125. The molecule has 0 unspecified atom stereocenters. The zero-order chi connectivity index (χ0) is 10.8. The number of nitrogens with two attached hydrogens (primary N) is 1. The first-order valence-corrected chi connectivity index (χ1v) is 4.92. The Morgan fingerprint density at radius 1 is 1.47 bits per heavy atom. The van der Waals surface area contributed by atoms with E-state index in [0.29, 0.717) is 10.3 Å². The van der Waals surface area contributed by atoms with Gasteiger partial charge in [-0.2, -0.15) is 4.68 Å². The van der Waals surface area contributed by atoms with Crippen LogP contribution in [0.5, 0.6) is 0 Å². The lowest BCUT2D eigenvalue weighted by Crippen LogP contribution is -2.04. The van der Waals surface area contributed by atoms with Crippen molar-refractivity contribution in [2.45, 2.75) is 6.54 Å². The van der Waals surface area contributed by atoms with Gasteiger partial charge in [0.05, 0.1) is 6.54 Å². The predicted octanol–water partition coefficient (Wildman–Crippen LogP) is 1.02. The van der Waals surface area contributed by atoms with E-state index < -0.39 is 5.82 Å². The Morgan fingerprint density at radius 3 is 2.87 bits per heavy atom. The molecule has 0 aliphatic rings. The molecule has 2 aromatic rings. The number of hydrogen-bond donors (Lipinski definition) is 1. The summed E-state index contributed by atoms with van der Waals surface area (Å²) in [5.41, 5.74) is 5.34. The maximum Gasteiger partial charge on any atom is 0.191 e. The van der Waals surface area contributed by atoms with Crippen LogP contribution in [-0.2, 0) is 6.54 Å². The van der Waals surface area contributed by atoms with Crippen LogP contribution in [0.3, 0.4) is 0 Å². The summed E-state index contributed by atoms with van der Waals surface area (Å²) in [6.45, 7) is 0.213. The van der Waals surface area contributed by atoms with Crippen LogP contribution in [0, 0.1) is 5.82 Å². The van der Waals surface area contributed by atoms with Crippen LogP contribution in [0.1, 0.15) is 5.82 Å². The summed E-state index contributed by atoms with van der Waals surface area (Å²) in [5.74, 6) is 0.0716. The highest BCUT2D eigenvalue weighted by Crippen LogP contribution is 2.14. The fourth-order valence-electron chi connectivity index (χ4n) is 1.07. The number of pyridine rings is 1. The molecular formula is C8H7BrFN5. The van der Waals surface area contributed by atoms with Gasteiger partial charge in [0.1, 0.15) is 6.33 Å². The van der Waals surface area contributed by atoms with E-state index in [0.717, 1.165) is 0 Å². The second kappa shape index (κ2) is 4.03. The van der Waals surface area contributed by atoms with Crippen molar-refractivity contribution in [1.82, 2.24) is 19.7 Å². The van der Waals surface area contributed by atoms with Crippen LogP contribution in [0.2, 0.25) is 0 Å². The van der Waals surface area contributed by atoms with Crippen molar-refractivity contribution < 1.29 is 4.39 Å². The summed E-state index contributed by atoms with van der Waals surface area (Å²) in [6, 6.07) is 1.31. The smallest absolute Gasteiger partial charge is 0.191 e. The molecule has 2 rings (SSSR count). The molecular weight excluding hydrogens is 265 g/mol. The number of hydrogen-bond acceptors (Lipinski definition) is 4. The maximum atomic E-state index is 13.4. The van der Waals surface area contributed by atoms with Crippen LogP contribution < -0.4 is 5.73 Å². The molecule has 2 heterocycles. The Balaban J connectivity index is 2.44. The molecule has 0 amide bonds. The Hall–Kier alpha value is -1.34. The maximum absolute atomic E-state index is 13.4. The van der Waals surface area contributed by atoms with Crippen molar-refractivity contribution in [1.29, 1.82) is 0 Å². The minimum absolute atomic E-state index is 0.102. The van der Waals surface area contributed by atoms with Crippen molar-refractivity contribution in [2.75, 3.05) is 0 Å². The van der Waals surface area contributed by atoms with E-state index in [1.54, 1.807) is 0 Å². The van der Waals surface area contributed by atoms with Gasteiger partial charge < -0.3 is 5.73 Å². The SMILES string of the molecule is NCc1ncn(-c2ncc(Br)cc2F)n1. The fourth-order valence-corrected chi connectivity index (χ4v) is 1.37. The van der Waals surface area contributed by atoms with Crippen LogP contribution in [0.15, 0.2) is 23.1 Å². The molecule has 2 aromatic heterocycles. The van der Waals surface area contributed by atoms with Crippen molar-refractivity contribution in [3.63, 3.8) is 0 Å². The lowest BCUT2D eigenvalue weighted by atomic mass is 10.4. The first kappa shape index (κ1) is 10.2. The first-order chi connectivity index (χ1) is 7.20. The summed E-state index contributed by atoms with van der Waals surface area (Å²) < 4.78 is 15.3. The van der Waals surface area contributed by atoms with Gasteiger partial charge >= 0.3 is 0 Å². The molecule has 5 nitrogen and oxygen atoms in total. The number of rotatable bonds is 2. The standard InChI is InChI=1S/C8H7BrFN5/c9-5-1-6(10)8(12-3-5)15-4-13-7(2-11)14-15/h1,3-4H,2,11H2. The van der Waals surface area contributed by atoms with Gasteiger partial charge in [-0.15, -0.1) is 5.10 Å². The number of halogens is 2. The Morgan fingerprint density at radius 2 is 2.27 bits per heavy atom. The number of nitrogens with zero attached hydrogens (tertiary/aromatic N) is 4. The summed E-state index contributed by atoms with van der Waals surface area (Å²) in [4.78, 5) is 7.78. The molecule has 78 valence electrons. The van der Waals surface area contributed by atoms with E-state index in [-0.39, 0.29) is 12.4 Å². The van der Waals surface area contributed by atoms with Gasteiger partial charge in [-0.05, 0) is 22.0 Å². The van der Waals surface area contributed by atoms with Gasteiger partial charge in [-0.25, -0.2) is 14.4 Å². The molecule has 2 N–H and O–H groups in total. The van der Waals surface area contributed by atoms with Gasteiger partial charge in [0.2, 0.25) is 0 Å². The minimum atomic E-state index is -0.474. The zero-order valence-corrected chi connectivity index (χ0v) is 9.15. The van der Waals surface area contributed by atoms with Gasteiger partial charge in [-0.3, -0.25) is 0 Å². The van der Waals surface area contributed by atoms with E-state index in [1.807, 2.05) is 0 Å². The first-order valence-electron chi connectivity index (χ1n) is 4.12.